The molecule has 1 saturated carbocycles. The van der Waals surface area contributed by atoms with Crippen molar-refractivity contribution >= 4 is 17.3 Å². The molecule has 4 nitrogen and oxygen atoms in total. The largest absolute Gasteiger partial charge is 0.367 e. The second-order valence-corrected chi connectivity index (χ2v) is 5.10. The Kier molecular flexibility index (Phi) is 3.07. The quantitative estimate of drug-likeness (QED) is 0.877. The van der Waals surface area contributed by atoms with E-state index in [0.29, 0.717) is 6.04 Å². The SMILES string of the molecule is Cc1ccc(Nc2cc(NC3CC3)nc(C)n2)cc1. The molecule has 0 spiro atoms. The Morgan fingerprint density at radius 3 is 2.37 bits per heavy atom. The third-order valence-corrected chi connectivity index (χ3v) is 3.09. The summed E-state index contributed by atoms with van der Waals surface area (Å²) in [4.78, 5) is 8.82. The van der Waals surface area contributed by atoms with Crippen LogP contribution in [-0.4, -0.2) is 16.0 Å². The fourth-order valence-corrected chi connectivity index (χ4v) is 1.93. The topological polar surface area (TPSA) is 49.8 Å². The minimum atomic E-state index is 0.599. The van der Waals surface area contributed by atoms with Gasteiger partial charge in [-0.15, -0.1) is 0 Å². The molecule has 0 atom stereocenters. The van der Waals surface area contributed by atoms with Crippen molar-refractivity contribution in [3.63, 3.8) is 0 Å². The summed E-state index contributed by atoms with van der Waals surface area (Å²) in [5, 5.41) is 6.72. The van der Waals surface area contributed by atoms with Gasteiger partial charge in [0, 0.05) is 17.8 Å². The fraction of sp³-hybridized carbons (Fsp3) is 0.333. The molecule has 0 bridgehead atoms. The van der Waals surface area contributed by atoms with Gasteiger partial charge in [-0.2, -0.15) is 0 Å². The minimum Gasteiger partial charge on any atom is -0.367 e. The number of anilines is 3. The van der Waals surface area contributed by atoms with Crippen LogP contribution >= 0.6 is 0 Å². The number of aryl methyl sites for hydroxylation is 2. The number of rotatable bonds is 4. The molecule has 1 heterocycles. The van der Waals surface area contributed by atoms with E-state index < -0.39 is 0 Å². The standard InChI is InChI=1S/C15H18N4/c1-10-3-5-12(6-4-10)18-14-9-15(17-11(2)16-14)19-13-7-8-13/h3-6,9,13H,7-8H2,1-2H3,(H2,16,17,18,19). The average molecular weight is 254 g/mol. The Hall–Kier alpha value is -2.10. The maximum atomic E-state index is 4.42. The lowest BCUT2D eigenvalue weighted by Crippen LogP contribution is -2.06. The van der Waals surface area contributed by atoms with Crippen molar-refractivity contribution in [1.29, 1.82) is 0 Å². The predicted molar refractivity (Wildman–Crippen MR) is 77.9 cm³/mol. The molecule has 1 aliphatic carbocycles. The van der Waals surface area contributed by atoms with E-state index in [-0.39, 0.29) is 0 Å². The highest BCUT2D eigenvalue weighted by atomic mass is 15.1. The lowest BCUT2D eigenvalue weighted by atomic mass is 10.2. The van der Waals surface area contributed by atoms with Gasteiger partial charge in [0.25, 0.3) is 0 Å². The van der Waals surface area contributed by atoms with E-state index in [1.54, 1.807) is 0 Å². The summed E-state index contributed by atoms with van der Waals surface area (Å²) < 4.78 is 0. The van der Waals surface area contributed by atoms with Crippen molar-refractivity contribution in [2.75, 3.05) is 10.6 Å². The molecule has 2 aromatic rings. The number of nitrogens with one attached hydrogen (secondary N) is 2. The van der Waals surface area contributed by atoms with Gasteiger partial charge in [-0.05, 0) is 38.8 Å². The van der Waals surface area contributed by atoms with Gasteiger partial charge in [0.2, 0.25) is 0 Å². The van der Waals surface area contributed by atoms with E-state index in [1.807, 2.05) is 13.0 Å². The predicted octanol–water partition coefficient (Wildman–Crippen LogP) is 3.41. The first kappa shape index (κ1) is 12.0. The zero-order valence-corrected chi connectivity index (χ0v) is 11.3. The third-order valence-electron chi connectivity index (χ3n) is 3.09. The van der Waals surface area contributed by atoms with Crippen molar-refractivity contribution in [3.8, 4) is 0 Å². The van der Waals surface area contributed by atoms with Gasteiger partial charge in [0.05, 0.1) is 0 Å². The van der Waals surface area contributed by atoms with E-state index >= 15 is 0 Å². The number of nitrogens with zero attached hydrogens (tertiary/aromatic N) is 2. The molecular weight excluding hydrogens is 236 g/mol. The Morgan fingerprint density at radius 2 is 1.68 bits per heavy atom. The van der Waals surface area contributed by atoms with Crippen LogP contribution in [0, 0.1) is 13.8 Å². The zero-order chi connectivity index (χ0) is 13.2. The van der Waals surface area contributed by atoms with Crippen LogP contribution in [0.15, 0.2) is 30.3 Å². The summed E-state index contributed by atoms with van der Waals surface area (Å²) in [5.74, 6) is 2.52. The average Bonchev–Trinajstić information content (AvgIpc) is 3.15. The molecule has 0 radical (unpaired) electrons. The Balaban J connectivity index is 1.79. The monoisotopic (exact) mass is 254 g/mol. The van der Waals surface area contributed by atoms with Gasteiger partial charge in [0.15, 0.2) is 0 Å². The van der Waals surface area contributed by atoms with Gasteiger partial charge in [-0.1, -0.05) is 17.7 Å². The summed E-state index contributed by atoms with van der Waals surface area (Å²) in [6.07, 6.45) is 2.48. The van der Waals surface area contributed by atoms with Crippen LogP contribution in [0.3, 0.4) is 0 Å². The highest BCUT2D eigenvalue weighted by molar-refractivity contribution is 5.59. The molecule has 4 heteroatoms. The maximum Gasteiger partial charge on any atom is 0.136 e. The van der Waals surface area contributed by atoms with Crippen molar-refractivity contribution in [2.24, 2.45) is 0 Å². The Labute approximate surface area is 113 Å². The van der Waals surface area contributed by atoms with Crippen LogP contribution in [0.4, 0.5) is 17.3 Å². The van der Waals surface area contributed by atoms with Crippen molar-refractivity contribution < 1.29 is 0 Å². The summed E-state index contributed by atoms with van der Waals surface area (Å²) in [6.45, 7) is 3.99. The molecule has 1 aliphatic rings. The normalized spacial score (nSPS) is 14.2. The van der Waals surface area contributed by atoms with E-state index in [9.17, 15) is 0 Å². The molecule has 2 N–H and O–H groups in total. The molecule has 3 rings (SSSR count). The number of hydrogen-bond donors (Lipinski definition) is 2. The number of aromatic nitrogens is 2. The van der Waals surface area contributed by atoms with E-state index in [2.05, 4.69) is 51.8 Å². The number of benzene rings is 1. The minimum absolute atomic E-state index is 0.599. The molecule has 1 aromatic carbocycles. The molecule has 98 valence electrons. The van der Waals surface area contributed by atoms with Gasteiger partial charge >= 0.3 is 0 Å². The van der Waals surface area contributed by atoms with Crippen molar-refractivity contribution in [1.82, 2.24) is 9.97 Å². The van der Waals surface area contributed by atoms with Crippen LogP contribution in [0.2, 0.25) is 0 Å². The molecule has 0 saturated heterocycles. The lowest BCUT2D eigenvalue weighted by Gasteiger charge is -2.09. The Bertz CT molecular complexity index is 573. The summed E-state index contributed by atoms with van der Waals surface area (Å²) in [6, 6.07) is 10.8. The van der Waals surface area contributed by atoms with Gasteiger partial charge in [-0.25, -0.2) is 9.97 Å². The zero-order valence-electron chi connectivity index (χ0n) is 11.3. The summed E-state index contributed by atoms with van der Waals surface area (Å²) in [7, 11) is 0. The van der Waals surface area contributed by atoms with Crippen LogP contribution in [-0.2, 0) is 0 Å². The van der Waals surface area contributed by atoms with E-state index in [4.69, 9.17) is 0 Å². The van der Waals surface area contributed by atoms with Crippen LogP contribution in [0.5, 0.6) is 0 Å². The van der Waals surface area contributed by atoms with Gasteiger partial charge in [0.1, 0.15) is 17.5 Å². The van der Waals surface area contributed by atoms with Gasteiger partial charge < -0.3 is 10.6 Å². The highest BCUT2D eigenvalue weighted by Gasteiger charge is 2.21. The molecular formula is C15H18N4. The molecule has 19 heavy (non-hydrogen) atoms. The van der Waals surface area contributed by atoms with Crippen molar-refractivity contribution in [2.45, 2.75) is 32.7 Å². The maximum absolute atomic E-state index is 4.42. The summed E-state index contributed by atoms with van der Waals surface area (Å²) >= 11 is 0. The Morgan fingerprint density at radius 1 is 1.00 bits per heavy atom. The van der Waals surface area contributed by atoms with Crippen molar-refractivity contribution in [3.05, 3.63) is 41.7 Å². The molecule has 0 amide bonds. The van der Waals surface area contributed by atoms with E-state index in [0.717, 1.165) is 23.1 Å². The molecule has 0 unspecified atom stereocenters. The van der Waals surface area contributed by atoms with Crippen LogP contribution in [0.1, 0.15) is 24.2 Å². The highest BCUT2D eigenvalue weighted by Crippen LogP contribution is 2.25. The van der Waals surface area contributed by atoms with Gasteiger partial charge in [-0.3, -0.25) is 0 Å². The second kappa shape index (κ2) is 4.88. The molecule has 1 aromatic heterocycles. The summed E-state index contributed by atoms with van der Waals surface area (Å²) in [5.41, 5.74) is 2.29. The first-order chi connectivity index (χ1) is 9.19. The molecule has 1 fully saturated rings. The second-order valence-electron chi connectivity index (χ2n) is 5.10. The first-order valence-electron chi connectivity index (χ1n) is 6.65. The molecule has 0 aliphatic heterocycles. The smallest absolute Gasteiger partial charge is 0.136 e. The van der Waals surface area contributed by atoms with Crippen LogP contribution < -0.4 is 10.6 Å². The fourth-order valence-electron chi connectivity index (χ4n) is 1.93. The van der Waals surface area contributed by atoms with Crippen LogP contribution in [0.25, 0.3) is 0 Å². The lowest BCUT2D eigenvalue weighted by molar-refractivity contribution is 1.02. The number of hydrogen-bond acceptors (Lipinski definition) is 4. The third kappa shape index (κ3) is 3.22. The first-order valence-corrected chi connectivity index (χ1v) is 6.65. The van der Waals surface area contributed by atoms with E-state index in [1.165, 1.54) is 18.4 Å².